The number of thiazole rings is 1. The van der Waals surface area contributed by atoms with Gasteiger partial charge in [0.15, 0.2) is 4.96 Å². The van der Waals surface area contributed by atoms with Crippen LogP contribution < -0.4 is 5.56 Å². The van der Waals surface area contributed by atoms with E-state index in [0.29, 0.717) is 0 Å². The van der Waals surface area contributed by atoms with Gasteiger partial charge in [-0.25, -0.2) is 4.98 Å². The van der Waals surface area contributed by atoms with Gasteiger partial charge in [0.25, 0.3) is 5.56 Å². The van der Waals surface area contributed by atoms with Crippen LogP contribution in [-0.4, -0.2) is 9.38 Å². The Bertz CT molecular complexity index is 668. The molecule has 4 heteroatoms. The van der Waals surface area contributed by atoms with Crippen LogP contribution in [-0.2, 0) is 0 Å². The third-order valence-corrected chi connectivity index (χ3v) is 3.16. The van der Waals surface area contributed by atoms with Gasteiger partial charge in [-0.2, -0.15) is 0 Å². The van der Waals surface area contributed by atoms with Crippen LogP contribution in [0.25, 0.3) is 15.2 Å². The van der Waals surface area contributed by atoms with Crippen molar-refractivity contribution in [2.45, 2.75) is 0 Å². The highest BCUT2D eigenvalue weighted by Gasteiger charge is 2.04. The molecule has 0 atom stereocenters. The van der Waals surface area contributed by atoms with Crippen LogP contribution in [0.3, 0.4) is 0 Å². The van der Waals surface area contributed by atoms with Crippen molar-refractivity contribution >= 4 is 26.5 Å². The maximum atomic E-state index is 11.6. The van der Waals surface area contributed by atoms with Gasteiger partial charge in [-0.05, 0) is 12.1 Å². The quantitative estimate of drug-likeness (QED) is 0.558. The molecule has 2 aromatic heterocycles. The third-order valence-electron chi connectivity index (χ3n) is 2.12. The first-order valence-electron chi connectivity index (χ1n) is 4.21. The maximum Gasteiger partial charge on any atom is 0.258 e. The van der Waals surface area contributed by atoms with Gasteiger partial charge in [0, 0.05) is 12.3 Å². The van der Waals surface area contributed by atoms with Crippen LogP contribution in [0.5, 0.6) is 0 Å². The number of fused-ring (bicyclic) bond motifs is 3. The fourth-order valence-corrected chi connectivity index (χ4v) is 2.51. The normalized spacial score (nSPS) is 11.1. The summed E-state index contributed by atoms with van der Waals surface area (Å²) in [5, 5.41) is 0. The molecule has 3 rings (SSSR count). The van der Waals surface area contributed by atoms with E-state index in [9.17, 15) is 4.79 Å². The molecule has 0 fully saturated rings. The van der Waals surface area contributed by atoms with Gasteiger partial charge in [0.1, 0.15) is 0 Å². The Balaban J connectivity index is 2.73. The molecule has 0 radical (unpaired) electrons. The zero-order valence-corrected chi connectivity index (χ0v) is 7.99. The molecule has 0 saturated heterocycles. The lowest BCUT2D eigenvalue weighted by Gasteiger charge is -1.91. The Morgan fingerprint density at radius 2 is 2.07 bits per heavy atom. The Morgan fingerprint density at radius 1 is 1.21 bits per heavy atom. The molecule has 0 aliphatic carbocycles. The van der Waals surface area contributed by atoms with Crippen LogP contribution in [0.15, 0.2) is 41.3 Å². The monoisotopic (exact) mass is 202 g/mol. The molecule has 3 aromatic rings. The molecule has 0 aliphatic heterocycles. The zero-order valence-electron chi connectivity index (χ0n) is 7.18. The van der Waals surface area contributed by atoms with E-state index in [1.807, 2.05) is 24.3 Å². The number of para-hydroxylation sites is 1. The van der Waals surface area contributed by atoms with E-state index in [1.54, 1.807) is 10.6 Å². The summed E-state index contributed by atoms with van der Waals surface area (Å²) in [6, 6.07) is 9.29. The minimum atomic E-state index is -0.0209. The maximum absolute atomic E-state index is 11.6. The van der Waals surface area contributed by atoms with Crippen molar-refractivity contribution in [1.29, 1.82) is 0 Å². The van der Waals surface area contributed by atoms with Crippen LogP contribution >= 0.6 is 11.3 Å². The fraction of sp³-hybridized carbons (Fsp3) is 0. The third kappa shape index (κ3) is 0.914. The first kappa shape index (κ1) is 7.70. The summed E-state index contributed by atoms with van der Waals surface area (Å²) in [5.41, 5.74) is 0.915. The zero-order chi connectivity index (χ0) is 9.54. The molecule has 14 heavy (non-hydrogen) atoms. The summed E-state index contributed by atoms with van der Waals surface area (Å²) in [7, 11) is 0. The molecule has 0 bridgehead atoms. The SMILES string of the molecule is O=c1ccnc2sc3ccccc3n12. The number of rotatable bonds is 0. The smallest absolute Gasteiger partial charge is 0.258 e. The molecule has 0 spiro atoms. The van der Waals surface area contributed by atoms with Gasteiger partial charge < -0.3 is 0 Å². The van der Waals surface area contributed by atoms with Crippen molar-refractivity contribution in [1.82, 2.24) is 9.38 Å². The van der Waals surface area contributed by atoms with E-state index in [2.05, 4.69) is 4.98 Å². The van der Waals surface area contributed by atoms with Crippen molar-refractivity contribution in [3.8, 4) is 0 Å². The Hall–Kier alpha value is -1.68. The van der Waals surface area contributed by atoms with E-state index in [4.69, 9.17) is 0 Å². The largest absolute Gasteiger partial charge is 0.269 e. The topological polar surface area (TPSA) is 34.4 Å². The first-order chi connectivity index (χ1) is 6.86. The van der Waals surface area contributed by atoms with Gasteiger partial charge in [-0.15, -0.1) is 0 Å². The van der Waals surface area contributed by atoms with Crippen molar-refractivity contribution < 1.29 is 0 Å². The van der Waals surface area contributed by atoms with E-state index in [-0.39, 0.29) is 5.56 Å². The summed E-state index contributed by atoms with van der Waals surface area (Å²) < 4.78 is 2.73. The summed E-state index contributed by atoms with van der Waals surface area (Å²) in [6.45, 7) is 0. The summed E-state index contributed by atoms with van der Waals surface area (Å²) in [6.07, 6.45) is 1.55. The molecule has 0 unspecified atom stereocenters. The minimum absolute atomic E-state index is 0.0209. The van der Waals surface area contributed by atoms with E-state index >= 15 is 0 Å². The van der Waals surface area contributed by atoms with E-state index in [0.717, 1.165) is 15.2 Å². The number of benzene rings is 1. The summed E-state index contributed by atoms with van der Waals surface area (Å²) in [4.78, 5) is 16.5. The highest BCUT2D eigenvalue weighted by Crippen LogP contribution is 2.22. The highest BCUT2D eigenvalue weighted by atomic mass is 32.1. The van der Waals surface area contributed by atoms with Gasteiger partial charge in [-0.3, -0.25) is 9.20 Å². The molecular formula is C10H6N2OS. The second kappa shape index (κ2) is 2.65. The van der Waals surface area contributed by atoms with E-state index in [1.165, 1.54) is 17.4 Å². The van der Waals surface area contributed by atoms with Crippen molar-refractivity contribution in [2.24, 2.45) is 0 Å². The van der Waals surface area contributed by atoms with Gasteiger partial charge in [0.05, 0.1) is 10.2 Å². The predicted molar refractivity (Wildman–Crippen MR) is 56.8 cm³/mol. The second-order valence-electron chi connectivity index (χ2n) is 2.97. The Labute approximate surface area is 83.3 Å². The number of nitrogens with zero attached hydrogens (tertiary/aromatic N) is 2. The summed E-state index contributed by atoms with van der Waals surface area (Å²) in [5.74, 6) is 0. The molecular weight excluding hydrogens is 196 g/mol. The molecule has 0 aliphatic rings. The standard InChI is InChI=1S/C10H6N2OS/c13-9-5-6-11-10-12(9)7-3-1-2-4-8(7)14-10/h1-6H. The lowest BCUT2D eigenvalue weighted by molar-refractivity contribution is 1.12. The molecule has 68 valence electrons. The molecule has 3 nitrogen and oxygen atoms in total. The van der Waals surface area contributed by atoms with Crippen LogP contribution in [0.4, 0.5) is 0 Å². The van der Waals surface area contributed by atoms with Crippen molar-refractivity contribution in [3.05, 3.63) is 46.9 Å². The molecule has 0 saturated carbocycles. The first-order valence-corrected chi connectivity index (χ1v) is 5.03. The second-order valence-corrected chi connectivity index (χ2v) is 3.98. The Kier molecular flexibility index (Phi) is 1.46. The predicted octanol–water partition coefficient (Wildman–Crippen LogP) is 1.91. The van der Waals surface area contributed by atoms with Gasteiger partial charge >= 0.3 is 0 Å². The lowest BCUT2D eigenvalue weighted by Crippen LogP contribution is -2.10. The van der Waals surface area contributed by atoms with Crippen molar-refractivity contribution in [2.75, 3.05) is 0 Å². The van der Waals surface area contributed by atoms with Crippen LogP contribution in [0.1, 0.15) is 0 Å². The molecule has 0 N–H and O–H groups in total. The van der Waals surface area contributed by atoms with Gasteiger partial charge in [-0.1, -0.05) is 23.5 Å². The minimum Gasteiger partial charge on any atom is -0.269 e. The Morgan fingerprint density at radius 3 is 3.00 bits per heavy atom. The number of hydrogen-bond donors (Lipinski definition) is 0. The number of aromatic nitrogens is 2. The molecule has 2 heterocycles. The highest BCUT2D eigenvalue weighted by molar-refractivity contribution is 7.23. The van der Waals surface area contributed by atoms with Crippen LogP contribution in [0.2, 0.25) is 0 Å². The van der Waals surface area contributed by atoms with E-state index < -0.39 is 0 Å². The van der Waals surface area contributed by atoms with Gasteiger partial charge in [0.2, 0.25) is 0 Å². The average Bonchev–Trinajstić information content (AvgIpc) is 2.57. The lowest BCUT2D eigenvalue weighted by atomic mass is 10.3. The van der Waals surface area contributed by atoms with Crippen LogP contribution in [0, 0.1) is 0 Å². The average molecular weight is 202 g/mol. The fourth-order valence-electron chi connectivity index (χ4n) is 1.51. The molecule has 1 aromatic carbocycles. The van der Waals surface area contributed by atoms with Crippen molar-refractivity contribution in [3.63, 3.8) is 0 Å². The summed E-state index contributed by atoms with van der Waals surface area (Å²) >= 11 is 1.53. The molecule has 0 amide bonds. The number of hydrogen-bond acceptors (Lipinski definition) is 3.